The van der Waals surface area contributed by atoms with Gasteiger partial charge in [-0.1, -0.05) is 30.7 Å². The van der Waals surface area contributed by atoms with Crippen molar-refractivity contribution in [1.29, 1.82) is 0 Å². The summed E-state index contributed by atoms with van der Waals surface area (Å²) in [4.78, 5) is 31.1. The topological polar surface area (TPSA) is 78.0 Å². The largest absolute Gasteiger partial charge is 0.368 e. The summed E-state index contributed by atoms with van der Waals surface area (Å²) < 4.78 is 1.40. The summed E-state index contributed by atoms with van der Waals surface area (Å²) in [5.74, 6) is -0.0582. The van der Waals surface area contributed by atoms with Crippen molar-refractivity contribution < 1.29 is 4.79 Å². The Morgan fingerprint density at radius 3 is 2.80 bits per heavy atom. The summed E-state index contributed by atoms with van der Waals surface area (Å²) in [5, 5.41) is 1.14. The molecule has 0 bridgehead atoms. The Hall–Kier alpha value is -2.18. The van der Waals surface area contributed by atoms with E-state index in [1.54, 1.807) is 13.0 Å². The predicted molar refractivity (Wildman–Crippen MR) is 101 cm³/mol. The van der Waals surface area contributed by atoms with E-state index in [1.807, 2.05) is 31.2 Å². The number of nitrogens with zero attached hydrogens (tertiary/aromatic N) is 2. The second-order valence-corrected chi connectivity index (χ2v) is 7.42. The highest BCUT2D eigenvalue weighted by atomic mass is 35.5. The van der Waals surface area contributed by atoms with Crippen LogP contribution in [0, 0.1) is 0 Å². The van der Waals surface area contributed by atoms with Gasteiger partial charge in [-0.25, -0.2) is 4.98 Å². The van der Waals surface area contributed by atoms with Gasteiger partial charge < -0.3 is 5.73 Å². The number of aryl methyl sites for hydroxylation is 1. The van der Waals surface area contributed by atoms with Crippen molar-refractivity contribution >= 4 is 39.1 Å². The van der Waals surface area contributed by atoms with Gasteiger partial charge in [-0.15, -0.1) is 11.3 Å². The fourth-order valence-electron chi connectivity index (χ4n) is 2.74. The first-order chi connectivity index (χ1) is 11.9. The minimum Gasteiger partial charge on any atom is -0.368 e. The van der Waals surface area contributed by atoms with Crippen LogP contribution >= 0.6 is 22.9 Å². The first kappa shape index (κ1) is 17.6. The minimum atomic E-state index is -0.774. The van der Waals surface area contributed by atoms with Crippen LogP contribution < -0.4 is 11.3 Å². The zero-order valence-corrected chi connectivity index (χ0v) is 15.5. The van der Waals surface area contributed by atoms with E-state index in [4.69, 9.17) is 17.3 Å². The number of halogens is 1. The molecule has 5 nitrogen and oxygen atoms in total. The fourth-order valence-corrected chi connectivity index (χ4v) is 3.93. The van der Waals surface area contributed by atoms with Crippen LogP contribution in [0.15, 0.2) is 35.1 Å². The monoisotopic (exact) mass is 375 g/mol. The highest BCUT2D eigenvalue weighted by Gasteiger charge is 2.21. The van der Waals surface area contributed by atoms with E-state index in [2.05, 4.69) is 4.98 Å². The van der Waals surface area contributed by atoms with Crippen LogP contribution in [0.4, 0.5) is 0 Å². The first-order valence-corrected chi connectivity index (χ1v) is 9.17. The standard InChI is InChI=1S/C18H18ClN3O2S/c1-3-13-9-14-17(25-13)21-15(8-11-5-4-6-12(19)7-11)22(18(14)24)10(2)16(20)23/h4-7,9-10H,3,8H2,1-2H3,(H2,20,23). The number of rotatable bonds is 5. The minimum absolute atomic E-state index is 0.232. The molecule has 3 rings (SSSR count). The van der Waals surface area contributed by atoms with Gasteiger partial charge in [0.25, 0.3) is 5.56 Å². The summed E-state index contributed by atoms with van der Waals surface area (Å²) in [5.41, 5.74) is 6.14. The molecule has 2 N–H and O–H groups in total. The molecular formula is C18H18ClN3O2S. The maximum absolute atomic E-state index is 13.0. The molecule has 0 spiro atoms. The third kappa shape index (κ3) is 3.45. The summed E-state index contributed by atoms with van der Waals surface area (Å²) in [6.45, 7) is 3.65. The number of benzene rings is 1. The molecule has 0 aliphatic heterocycles. The lowest BCUT2D eigenvalue weighted by Gasteiger charge is -2.16. The van der Waals surface area contributed by atoms with Gasteiger partial charge in [0.15, 0.2) is 0 Å². The lowest BCUT2D eigenvalue weighted by molar-refractivity contribution is -0.120. The Labute approximate surface area is 154 Å². The Balaban J connectivity index is 2.22. The molecular weight excluding hydrogens is 358 g/mol. The van der Waals surface area contributed by atoms with Crippen molar-refractivity contribution in [3.8, 4) is 0 Å². The van der Waals surface area contributed by atoms with E-state index in [0.717, 1.165) is 16.9 Å². The van der Waals surface area contributed by atoms with Crippen LogP contribution in [0.1, 0.15) is 36.2 Å². The van der Waals surface area contributed by atoms with Crippen LogP contribution in [0.2, 0.25) is 5.02 Å². The molecule has 1 aromatic carbocycles. The summed E-state index contributed by atoms with van der Waals surface area (Å²) in [6.07, 6.45) is 1.22. The summed E-state index contributed by atoms with van der Waals surface area (Å²) >= 11 is 7.55. The molecule has 0 fully saturated rings. The van der Waals surface area contributed by atoms with Gasteiger partial charge in [0.05, 0.1) is 5.39 Å². The lowest BCUT2D eigenvalue weighted by atomic mass is 10.1. The maximum atomic E-state index is 13.0. The van der Waals surface area contributed by atoms with Crippen molar-refractivity contribution in [2.24, 2.45) is 5.73 Å². The number of hydrogen-bond acceptors (Lipinski definition) is 4. The van der Waals surface area contributed by atoms with Crippen molar-refractivity contribution in [2.45, 2.75) is 32.7 Å². The third-order valence-electron chi connectivity index (χ3n) is 4.12. The zero-order valence-electron chi connectivity index (χ0n) is 14.0. The number of primary amides is 1. The van der Waals surface area contributed by atoms with Gasteiger partial charge in [-0.05, 0) is 37.1 Å². The van der Waals surface area contributed by atoms with Gasteiger partial charge >= 0.3 is 0 Å². The van der Waals surface area contributed by atoms with E-state index >= 15 is 0 Å². The van der Waals surface area contributed by atoms with Crippen LogP contribution in [0.5, 0.6) is 0 Å². The quantitative estimate of drug-likeness (QED) is 0.743. The van der Waals surface area contributed by atoms with Gasteiger partial charge in [0.1, 0.15) is 16.7 Å². The smallest absolute Gasteiger partial charge is 0.263 e. The number of carbonyl (C=O) groups is 1. The number of hydrogen-bond donors (Lipinski definition) is 1. The van der Waals surface area contributed by atoms with Gasteiger partial charge in [-0.3, -0.25) is 14.2 Å². The van der Waals surface area contributed by atoms with E-state index in [9.17, 15) is 9.59 Å². The molecule has 0 radical (unpaired) electrons. The van der Waals surface area contributed by atoms with E-state index < -0.39 is 11.9 Å². The second kappa shape index (κ2) is 6.98. The van der Waals surface area contributed by atoms with Crippen LogP contribution in [-0.4, -0.2) is 15.5 Å². The van der Waals surface area contributed by atoms with Crippen LogP contribution in [-0.2, 0) is 17.6 Å². The lowest BCUT2D eigenvalue weighted by Crippen LogP contribution is -2.35. The van der Waals surface area contributed by atoms with Crippen molar-refractivity contribution in [1.82, 2.24) is 9.55 Å². The van der Waals surface area contributed by atoms with Gasteiger partial charge in [0, 0.05) is 16.3 Å². The number of amides is 1. The molecule has 2 aromatic heterocycles. The first-order valence-electron chi connectivity index (χ1n) is 7.98. The molecule has 25 heavy (non-hydrogen) atoms. The Kier molecular flexibility index (Phi) is 4.92. The van der Waals surface area contributed by atoms with Crippen molar-refractivity contribution in [3.63, 3.8) is 0 Å². The summed E-state index contributed by atoms with van der Waals surface area (Å²) in [7, 11) is 0. The van der Waals surface area contributed by atoms with E-state index in [0.29, 0.717) is 27.5 Å². The van der Waals surface area contributed by atoms with Crippen LogP contribution in [0.25, 0.3) is 10.2 Å². The van der Waals surface area contributed by atoms with Crippen LogP contribution in [0.3, 0.4) is 0 Å². The van der Waals surface area contributed by atoms with E-state index in [-0.39, 0.29) is 5.56 Å². The Morgan fingerprint density at radius 2 is 2.16 bits per heavy atom. The molecule has 1 amide bonds. The number of nitrogens with two attached hydrogens (primary N) is 1. The summed E-state index contributed by atoms with van der Waals surface area (Å²) in [6, 6.07) is 8.44. The SMILES string of the molecule is CCc1cc2c(=O)n(C(C)C(N)=O)c(Cc3cccc(Cl)c3)nc2s1. The third-order valence-corrected chi connectivity index (χ3v) is 5.53. The molecule has 3 aromatic rings. The molecule has 1 atom stereocenters. The molecule has 2 heterocycles. The molecule has 1 unspecified atom stereocenters. The molecule has 0 saturated carbocycles. The average molecular weight is 376 g/mol. The molecule has 7 heteroatoms. The Morgan fingerprint density at radius 1 is 1.40 bits per heavy atom. The van der Waals surface area contributed by atoms with E-state index in [1.165, 1.54) is 15.9 Å². The van der Waals surface area contributed by atoms with Gasteiger partial charge in [-0.2, -0.15) is 0 Å². The maximum Gasteiger partial charge on any atom is 0.263 e. The molecule has 0 saturated heterocycles. The van der Waals surface area contributed by atoms with Crippen molar-refractivity contribution in [3.05, 3.63) is 62.0 Å². The Bertz CT molecular complexity index is 1010. The normalized spacial score (nSPS) is 12.4. The number of thiophene rings is 1. The fraction of sp³-hybridized carbons (Fsp3) is 0.278. The second-order valence-electron chi connectivity index (χ2n) is 5.87. The molecule has 0 aliphatic carbocycles. The highest BCUT2D eigenvalue weighted by molar-refractivity contribution is 7.18. The van der Waals surface area contributed by atoms with Gasteiger partial charge in [0.2, 0.25) is 5.91 Å². The average Bonchev–Trinajstić information content (AvgIpc) is 2.98. The molecule has 130 valence electrons. The number of carbonyl (C=O) groups excluding carboxylic acids is 1. The van der Waals surface area contributed by atoms with Crippen molar-refractivity contribution in [2.75, 3.05) is 0 Å². The number of fused-ring (bicyclic) bond motifs is 1. The zero-order chi connectivity index (χ0) is 18.1. The highest BCUT2D eigenvalue weighted by Crippen LogP contribution is 2.24. The predicted octanol–water partition coefficient (Wildman–Crippen LogP) is 3.31. The number of aromatic nitrogens is 2. The molecule has 0 aliphatic rings.